The van der Waals surface area contributed by atoms with E-state index < -0.39 is 11.9 Å². The molecule has 0 saturated carbocycles. The molecule has 2 rings (SSSR count). The minimum absolute atomic E-state index is 0.0556. The Morgan fingerprint density at radius 2 is 2.00 bits per heavy atom. The van der Waals surface area contributed by atoms with Crippen LogP contribution >= 0.6 is 0 Å². The van der Waals surface area contributed by atoms with Gasteiger partial charge < -0.3 is 14.6 Å². The fourth-order valence-electron chi connectivity index (χ4n) is 1.56. The Bertz CT molecular complexity index is 198. The van der Waals surface area contributed by atoms with E-state index in [-0.39, 0.29) is 12.2 Å². The van der Waals surface area contributed by atoms with Crippen LogP contribution in [0.5, 0.6) is 0 Å². The summed E-state index contributed by atoms with van der Waals surface area (Å²) in [6, 6.07) is 0. The maximum atomic E-state index is 9.34. The predicted molar refractivity (Wildman–Crippen MR) is 39.0 cm³/mol. The van der Waals surface area contributed by atoms with Crippen LogP contribution in [-0.4, -0.2) is 29.2 Å². The van der Waals surface area contributed by atoms with Gasteiger partial charge in [0.25, 0.3) is 0 Å². The lowest BCUT2D eigenvalue weighted by molar-refractivity contribution is -0.152. The van der Waals surface area contributed by atoms with Crippen molar-refractivity contribution in [3.8, 4) is 0 Å². The molecule has 0 amide bonds. The second-order valence-corrected chi connectivity index (χ2v) is 3.44. The molecule has 62 valence electrons. The molecular formula is C8H12O3. The standard InChI is InChI=1S/C8H12O3/c1-8(2)10-6-4-3-5(9)7(6)11-8/h3-7,9H,1-2H3/t5?,6-,7-/m1/s1. The summed E-state index contributed by atoms with van der Waals surface area (Å²) >= 11 is 0. The Morgan fingerprint density at radius 1 is 1.27 bits per heavy atom. The van der Waals surface area contributed by atoms with Crippen molar-refractivity contribution in [3.05, 3.63) is 12.2 Å². The van der Waals surface area contributed by atoms with Crippen LogP contribution in [0.25, 0.3) is 0 Å². The summed E-state index contributed by atoms with van der Waals surface area (Å²) in [6.07, 6.45) is 2.82. The highest BCUT2D eigenvalue weighted by molar-refractivity contribution is 5.13. The molecule has 1 aliphatic heterocycles. The van der Waals surface area contributed by atoms with E-state index >= 15 is 0 Å². The minimum atomic E-state index is -0.541. The zero-order valence-corrected chi connectivity index (χ0v) is 6.65. The van der Waals surface area contributed by atoms with Crippen molar-refractivity contribution in [3.63, 3.8) is 0 Å². The Hall–Kier alpha value is -0.380. The van der Waals surface area contributed by atoms with Crippen LogP contribution in [-0.2, 0) is 9.47 Å². The highest BCUT2D eigenvalue weighted by Crippen LogP contribution is 2.34. The first kappa shape index (κ1) is 7.28. The third kappa shape index (κ3) is 1.09. The Labute approximate surface area is 65.6 Å². The Morgan fingerprint density at radius 3 is 2.64 bits per heavy atom. The van der Waals surface area contributed by atoms with Crippen molar-refractivity contribution in [2.24, 2.45) is 0 Å². The van der Waals surface area contributed by atoms with Gasteiger partial charge in [-0.3, -0.25) is 0 Å². The van der Waals surface area contributed by atoms with Gasteiger partial charge in [-0.15, -0.1) is 0 Å². The van der Waals surface area contributed by atoms with Crippen molar-refractivity contribution in [2.45, 2.75) is 37.9 Å². The van der Waals surface area contributed by atoms with Crippen molar-refractivity contribution in [1.29, 1.82) is 0 Å². The average Bonchev–Trinajstić information content (AvgIpc) is 2.31. The highest BCUT2D eigenvalue weighted by Gasteiger charge is 2.45. The zero-order valence-electron chi connectivity index (χ0n) is 6.65. The van der Waals surface area contributed by atoms with E-state index in [1.807, 2.05) is 19.9 Å². The molecule has 11 heavy (non-hydrogen) atoms. The fraction of sp³-hybridized carbons (Fsp3) is 0.750. The molecule has 1 aliphatic carbocycles. The molecule has 0 aromatic rings. The zero-order chi connectivity index (χ0) is 8.06. The van der Waals surface area contributed by atoms with E-state index in [9.17, 15) is 5.11 Å². The van der Waals surface area contributed by atoms with Gasteiger partial charge in [-0.05, 0) is 13.8 Å². The number of ether oxygens (including phenoxy) is 2. The van der Waals surface area contributed by atoms with Crippen molar-refractivity contribution in [1.82, 2.24) is 0 Å². The SMILES string of the molecule is CC1(C)O[C@@H]2C(O)C=C[C@H]2O1. The molecule has 3 atom stereocenters. The first-order valence-electron chi connectivity index (χ1n) is 3.80. The summed E-state index contributed by atoms with van der Waals surface area (Å²) < 4.78 is 10.9. The molecule has 1 fully saturated rings. The maximum Gasteiger partial charge on any atom is 0.164 e. The molecular weight excluding hydrogens is 144 g/mol. The summed E-state index contributed by atoms with van der Waals surface area (Å²) in [6.45, 7) is 3.71. The smallest absolute Gasteiger partial charge is 0.164 e. The molecule has 0 aromatic heterocycles. The molecule has 0 bridgehead atoms. The monoisotopic (exact) mass is 156 g/mol. The quantitative estimate of drug-likeness (QED) is 0.517. The lowest BCUT2D eigenvalue weighted by atomic mass is 10.2. The van der Waals surface area contributed by atoms with Gasteiger partial charge in [0.15, 0.2) is 5.79 Å². The predicted octanol–water partition coefficient (Wildman–Crippen LogP) is 0.437. The van der Waals surface area contributed by atoms with Gasteiger partial charge in [0.2, 0.25) is 0 Å². The van der Waals surface area contributed by atoms with E-state index in [1.165, 1.54) is 0 Å². The van der Waals surface area contributed by atoms with Crippen LogP contribution in [0.1, 0.15) is 13.8 Å². The summed E-state index contributed by atoms with van der Waals surface area (Å²) in [5.74, 6) is -0.541. The maximum absolute atomic E-state index is 9.34. The van der Waals surface area contributed by atoms with Gasteiger partial charge in [-0.25, -0.2) is 0 Å². The number of fused-ring (bicyclic) bond motifs is 1. The van der Waals surface area contributed by atoms with Gasteiger partial charge in [0.05, 0.1) is 0 Å². The lowest BCUT2D eigenvalue weighted by Crippen LogP contribution is -2.28. The second-order valence-electron chi connectivity index (χ2n) is 3.44. The van der Waals surface area contributed by atoms with Gasteiger partial charge in [-0.2, -0.15) is 0 Å². The van der Waals surface area contributed by atoms with E-state index in [4.69, 9.17) is 9.47 Å². The van der Waals surface area contributed by atoms with Crippen molar-refractivity contribution < 1.29 is 14.6 Å². The van der Waals surface area contributed by atoms with E-state index in [0.29, 0.717) is 0 Å². The number of hydrogen-bond donors (Lipinski definition) is 1. The highest BCUT2D eigenvalue weighted by atomic mass is 16.8. The number of aliphatic hydroxyl groups is 1. The fourth-order valence-corrected chi connectivity index (χ4v) is 1.56. The minimum Gasteiger partial charge on any atom is -0.386 e. The normalized spacial score (nSPS) is 46.3. The second kappa shape index (κ2) is 2.06. The molecule has 1 saturated heterocycles. The molecule has 3 heteroatoms. The van der Waals surface area contributed by atoms with Crippen LogP contribution in [0.3, 0.4) is 0 Å². The van der Waals surface area contributed by atoms with Crippen LogP contribution < -0.4 is 0 Å². The molecule has 1 heterocycles. The van der Waals surface area contributed by atoms with Gasteiger partial charge in [0, 0.05) is 0 Å². The summed E-state index contributed by atoms with van der Waals surface area (Å²) in [4.78, 5) is 0. The van der Waals surface area contributed by atoms with Crippen LogP contribution in [0.4, 0.5) is 0 Å². The average molecular weight is 156 g/mol. The first-order valence-corrected chi connectivity index (χ1v) is 3.80. The summed E-state index contributed by atoms with van der Waals surface area (Å²) in [7, 11) is 0. The first-order chi connectivity index (χ1) is 5.08. The lowest BCUT2D eigenvalue weighted by Gasteiger charge is -2.18. The van der Waals surface area contributed by atoms with Crippen LogP contribution in [0.2, 0.25) is 0 Å². The largest absolute Gasteiger partial charge is 0.386 e. The molecule has 1 unspecified atom stereocenters. The van der Waals surface area contributed by atoms with E-state index in [1.54, 1.807) is 6.08 Å². The summed E-state index contributed by atoms with van der Waals surface area (Å²) in [5.41, 5.74) is 0. The third-order valence-electron chi connectivity index (χ3n) is 2.00. The van der Waals surface area contributed by atoms with Crippen molar-refractivity contribution in [2.75, 3.05) is 0 Å². The number of rotatable bonds is 0. The molecule has 2 aliphatic rings. The van der Waals surface area contributed by atoms with Gasteiger partial charge >= 0.3 is 0 Å². The molecule has 0 spiro atoms. The van der Waals surface area contributed by atoms with Crippen LogP contribution in [0, 0.1) is 0 Å². The van der Waals surface area contributed by atoms with E-state index in [0.717, 1.165) is 0 Å². The van der Waals surface area contributed by atoms with E-state index in [2.05, 4.69) is 0 Å². The number of hydrogen-bond acceptors (Lipinski definition) is 3. The molecule has 1 N–H and O–H groups in total. The Kier molecular flexibility index (Phi) is 1.36. The molecule has 0 aromatic carbocycles. The van der Waals surface area contributed by atoms with Gasteiger partial charge in [0.1, 0.15) is 18.3 Å². The molecule has 3 nitrogen and oxygen atoms in total. The molecule has 0 radical (unpaired) electrons. The Balaban J connectivity index is 2.15. The topological polar surface area (TPSA) is 38.7 Å². The van der Waals surface area contributed by atoms with Gasteiger partial charge in [-0.1, -0.05) is 12.2 Å². The van der Waals surface area contributed by atoms with Crippen LogP contribution in [0.15, 0.2) is 12.2 Å². The summed E-state index contributed by atoms with van der Waals surface area (Å²) in [5, 5.41) is 9.34. The third-order valence-corrected chi connectivity index (χ3v) is 2.00. The van der Waals surface area contributed by atoms with Crippen molar-refractivity contribution >= 4 is 0 Å². The number of aliphatic hydroxyl groups excluding tert-OH is 1.